The Morgan fingerprint density at radius 2 is 1.49 bits per heavy atom. The standard InChI is InChI=1S/C56H71N9O21S2/c1-4-5-6-17-83-34-14-11-30(12-15-34)54-59-23-40(87-54)28-7-9-29(10-8-28)49(75)60-35-19-32(67)22-58-53(79)45-46(72)26(2)24-65(45)56(81)43(38(70)21-41(57)71)62-52(78)44(48(74)47(73)31-13-16-37(69)39(18-31)84-88-86-85-82)63-51(77)36-20-33(68)25-64(36)55(80)42(27(3)66)61-50(35)76/h7-16,18,23,26-27,32-33,35-36,38,42-48,66-70,72-74,82H,4-6,17,19-22,24-25H2,1-3H3,(H2,57,71)(H,58,79)(H,60,75)(H,61,76)(H,62,78)(H,63,77)/t26?,27?,32?,33?,35-,36?,38?,42?,43?,44?,45?,46?,47?,48?/m0/s1. The van der Waals surface area contributed by atoms with Gasteiger partial charge in [-0.05, 0) is 73.0 Å². The number of rotatable bonds is 20. The molecule has 13 unspecified atom stereocenters. The summed E-state index contributed by atoms with van der Waals surface area (Å²) in [7, 11) is 0. The summed E-state index contributed by atoms with van der Waals surface area (Å²) in [4.78, 5) is 120. The smallest absolute Gasteiger partial charge is 0.261 e. The van der Waals surface area contributed by atoms with Gasteiger partial charge < -0.3 is 91.9 Å². The van der Waals surface area contributed by atoms with Crippen LogP contribution in [0.15, 0.2) is 72.9 Å². The van der Waals surface area contributed by atoms with Crippen molar-refractivity contribution in [2.24, 2.45) is 11.7 Å². The fourth-order valence-corrected chi connectivity index (χ4v) is 11.4. The number of primary amides is 1. The van der Waals surface area contributed by atoms with E-state index in [-0.39, 0.29) is 23.5 Å². The van der Waals surface area contributed by atoms with E-state index in [1.54, 1.807) is 18.3 Å². The number of hydrogen-bond donors (Lipinski definition) is 15. The minimum absolute atomic E-state index is 0.0158. The lowest BCUT2D eigenvalue weighted by molar-refractivity contribution is -0.433. The third-order valence-electron chi connectivity index (χ3n) is 15.0. The molecular weight excluding hydrogens is 1200 g/mol. The van der Waals surface area contributed by atoms with E-state index in [1.165, 1.54) is 30.4 Å². The minimum atomic E-state index is -2.53. The maximum atomic E-state index is 14.7. The number of phenols is 1. The number of carbonyl (C=O) groups is 8. The summed E-state index contributed by atoms with van der Waals surface area (Å²) in [5.74, 6) is -11.1. The molecule has 4 aromatic rings. The molecule has 3 saturated heterocycles. The van der Waals surface area contributed by atoms with E-state index in [0.29, 0.717) is 17.2 Å². The molecule has 0 saturated carbocycles. The number of phenolic OH excluding ortho intramolecular Hbond substituents is 1. The Bertz CT molecular complexity index is 3110. The van der Waals surface area contributed by atoms with Crippen molar-refractivity contribution in [3.63, 3.8) is 0 Å². The lowest BCUT2D eigenvalue weighted by atomic mass is 9.96. The molecule has 3 aromatic carbocycles. The molecule has 14 atom stereocenters. The van der Waals surface area contributed by atoms with Crippen molar-refractivity contribution in [3.05, 3.63) is 84.1 Å². The molecule has 30 nitrogen and oxygen atoms in total. The van der Waals surface area contributed by atoms with E-state index in [1.807, 2.05) is 24.3 Å². The van der Waals surface area contributed by atoms with Crippen LogP contribution in [0.4, 0.5) is 0 Å². The highest BCUT2D eigenvalue weighted by Gasteiger charge is 2.50. The Balaban J connectivity index is 1.20. The number of nitrogens with one attached hydrogen (secondary N) is 5. The number of benzene rings is 3. The van der Waals surface area contributed by atoms with E-state index < -0.39 is 183 Å². The normalized spacial score (nSPS) is 25.6. The van der Waals surface area contributed by atoms with Crippen molar-refractivity contribution >= 4 is 70.9 Å². The van der Waals surface area contributed by atoms with Crippen molar-refractivity contribution < 1.29 is 103 Å². The monoisotopic (exact) mass is 1270 g/mol. The van der Waals surface area contributed by atoms with Gasteiger partial charge in [0.05, 0.1) is 48.4 Å². The summed E-state index contributed by atoms with van der Waals surface area (Å²) in [5, 5.41) is 115. The minimum Gasteiger partial charge on any atom is -0.504 e. The number of amides is 8. The summed E-state index contributed by atoms with van der Waals surface area (Å²) in [5.41, 5.74) is 6.59. The number of β-amino-alcohol motifs (C(OH)–C–C–N with tert-alkyl or cyclic N) is 1. The zero-order valence-electron chi connectivity index (χ0n) is 47.7. The predicted octanol–water partition coefficient (Wildman–Crippen LogP) is -1.57. The predicted molar refractivity (Wildman–Crippen MR) is 309 cm³/mol. The number of unbranched alkanes of at least 4 members (excludes halogenated alkanes) is 2. The molecule has 8 amide bonds. The number of hydrogen-bond acceptors (Lipinski definition) is 24. The van der Waals surface area contributed by atoms with Gasteiger partial charge in [-0.15, -0.1) is 11.3 Å². The topological polar surface area (TPSA) is 461 Å². The molecule has 4 heterocycles. The molecule has 0 spiro atoms. The summed E-state index contributed by atoms with van der Waals surface area (Å²) >= 11 is 1.37. The second-order valence-electron chi connectivity index (χ2n) is 21.5. The number of nitrogens with zero attached hydrogens (tertiary/aromatic N) is 3. The summed E-state index contributed by atoms with van der Waals surface area (Å²) in [6.45, 7) is 3.43. The summed E-state index contributed by atoms with van der Waals surface area (Å²) in [6, 6.07) is 4.41. The van der Waals surface area contributed by atoms with Crippen LogP contribution in [0.1, 0.15) is 81.3 Å². The van der Waals surface area contributed by atoms with Crippen LogP contribution in [0.5, 0.6) is 17.2 Å². The van der Waals surface area contributed by atoms with Gasteiger partial charge in [0.1, 0.15) is 59.2 Å². The molecule has 478 valence electrons. The zero-order valence-corrected chi connectivity index (χ0v) is 49.4. The first-order chi connectivity index (χ1) is 41.9. The van der Waals surface area contributed by atoms with Crippen molar-refractivity contribution in [2.45, 2.75) is 138 Å². The van der Waals surface area contributed by atoms with Crippen molar-refractivity contribution in [1.82, 2.24) is 41.4 Å². The number of fused-ring (bicyclic) bond motifs is 2. The maximum Gasteiger partial charge on any atom is 0.261 e. The number of ether oxygens (including phenoxy) is 1. The Hall–Kier alpha value is -7.60. The Kier molecular flexibility index (Phi) is 23.9. The van der Waals surface area contributed by atoms with E-state index in [0.717, 1.165) is 70.4 Å². The van der Waals surface area contributed by atoms with Gasteiger partial charge in [-0.2, -0.15) is 0 Å². The number of nitrogens with two attached hydrogens (primary N) is 1. The van der Waals surface area contributed by atoms with Crippen LogP contribution in [0, 0.1) is 5.92 Å². The fourth-order valence-electron chi connectivity index (χ4n) is 10.2. The van der Waals surface area contributed by atoms with Gasteiger partial charge in [0.2, 0.25) is 41.4 Å². The molecule has 88 heavy (non-hydrogen) atoms. The van der Waals surface area contributed by atoms with Crippen LogP contribution in [0.2, 0.25) is 0 Å². The molecule has 0 bridgehead atoms. The number of aromatic nitrogens is 1. The summed E-state index contributed by atoms with van der Waals surface area (Å²) in [6.07, 6.45) is -11.3. The van der Waals surface area contributed by atoms with E-state index >= 15 is 0 Å². The van der Waals surface area contributed by atoms with E-state index in [4.69, 9.17) is 19.9 Å². The highest BCUT2D eigenvalue weighted by atomic mass is 32.2. The molecule has 3 fully saturated rings. The molecule has 0 radical (unpaired) electrons. The lowest BCUT2D eigenvalue weighted by Gasteiger charge is -2.34. The molecule has 1 aromatic heterocycles. The number of aromatic hydroxyl groups is 1. The highest BCUT2D eigenvalue weighted by molar-refractivity contribution is 7.90. The average Bonchev–Trinajstić information content (AvgIpc) is 4.05. The Morgan fingerprint density at radius 1 is 0.818 bits per heavy atom. The zero-order chi connectivity index (χ0) is 64.1. The maximum absolute atomic E-state index is 14.7. The van der Waals surface area contributed by atoms with Crippen LogP contribution < -0.4 is 41.2 Å². The van der Waals surface area contributed by atoms with Crippen LogP contribution >= 0.6 is 23.7 Å². The van der Waals surface area contributed by atoms with Gasteiger partial charge in [0.25, 0.3) is 18.2 Å². The second-order valence-corrected chi connectivity index (χ2v) is 23.0. The SMILES string of the molecule is CCCCCOc1ccc(-c2ncc(-c3ccc(C(=O)N[C@H]4CC(O)CNC(=O)C5C(O)C(C)CN5C(=O)C(C(O)CC(N)=O)NC(=O)C(C(O)C(O)c5ccc(O)c(OSOOO)c5)NC(=O)C5CC(O)CN5C(=O)C(C(C)O)NC4=O)cc3)s2)cc1. The second kappa shape index (κ2) is 31.0. The number of carbonyl (C=O) groups excluding carboxylic acids is 8. The highest BCUT2D eigenvalue weighted by Crippen LogP contribution is 2.35. The first kappa shape index (κ1) is 67.9. The number of aliphatic hydroxyl groups is 7. The van der Waals surface area contributed by atoms with Gasteiger partial charge in [-0.1, -0.05) is 54.3 Å². The average molecular weight is 1270 g/mol. The van der Waals surface area contributed by atoms with Crippen LogP contribution in [0.3, 0.4) is 0 Å². The third kappa shape index (κ3) is 17.0. The fraction of sp³-hybridized carbons (Fsp3) is 0.482. The van der Waals surface area contributed by atoms with Crippen LogP contribution in [-0.2, 0) is 42.9 Å². The van der Waals surface area contributed by atoms with Gasteiger partial charge in [0, 0.05) is 55.7 Å². The van der Waals surface area contributed by atoms with Gasteiger partial charge in [0.15, 0.2) is 11.5 Å². The van der Waals surface area contributed by atoms with Crippen molar-refractivity contribution in [3.8, 4) is 38.3 Å². The first-order valence-corrected chi connectivity index (χ1v) is 29.5. The largest absolute Gasteiger partial charge is 0.504 e. The van der Waals surface area contributed by atoms with Crippen molar-refractivity contribution in [1.29, 1.82) is 0 Å². The molecule has 3 aliphatic rings. The van der Waals surface area contributed by atoms with Crippen molar-refractivity contribution in [2.75, 3.05) is 26.2 Å². The van der Waals surface area contributed by atoms with Gasteiger partial charge in [-0.25, -0.2) is 10.2 Å². The lowest BCUT2D eigenvalue weighted by Crippen LogP contribution is -2.64. The number of aliphatic hydroxyl groups excluding tert-OH is 7. The van der Waals surface area contributed by atoms with Crippen LogP contribution in [0.25, 0.3) is 21.0 Å². The Morgan fingerprint density at radius 3 is 2.16 bits per heavy atom. The Labute approximate surface area is 511 Å². The molecule has 32 heteroatoms. The quantitative estimate of drug-likeness (QED) is 0.0206. The van der Waals surface area contributed by atoms with E-state index in [2.05, 4.69) is 47.9 Å². The number of thiazole rings is 1. The molecule has 7 rings (SSSR count). The molecular formula is C56H71N9O21S2. The van der Waals surface area contributed by atoms with Gasteiger partial charge in [-0.3, -0.25) is 38.4 Å². The van der Waals surface area contributed by atoms with Gasteiger partial charge >= 0.3 is 0 Å². The molecule has 16 N–H and O–H groups in total. The first-order valence-electron chi connectivity index (χ1n) is 28.0. The summed E-state index contributed by atoms with van der Waals surface area (Å²) < 4.78 is 15.0. The third-order valence-corrected chi connectivity index (χ3v) is 16.5. The molecule has 3 aliphatic heterocycles. The molecule has 0 aliphatic carbocycles. The van der Waals surface area contributed by atoms with E-state index in [9.17, 15) is 79.2 Å². The van der Waals surface area contributed by atoms with Crippen LogP contribution in [-0.4, -0.2) is 207 Å².